The third kappa shape index (κ3) is 3.76. The fourth-order valence-electron chi connectivity index (χ4n) is 2.77. The van der Waals surface area contributed by atoms with Crippen LogP contribution in [0.2, 0.25) is 0 Å². The second kappa shape index (κ2) is 6.88. The van der Waals surface area contributed by atoms with Gasteiger partial charge in [0.25, 0.3) is 0 Å². The lowest BCUT2D eigenvalue weighted by molar-refractivity contribution is -0.122. The summed E-state index contributed by atoms with van der Waals surface area (Å²) in [7, 11) is 1.55. The van der Waals surface area contributed by atoms with E-state index >= 15 is 0 Å². The molecule has 1 N–H and O–H groups in total. The monoisotopic (exact) mass is 346 g/mol. The van der Waals surface area contributed by atoms with Crippen LogP contribution in [-0.4, -0.2) is 25.5 Å². The number of methoxy groups -OCH3 is 1. The van der Waals surface area contributed by atoms with Crippen molar-refractivity contribution in [3.63, 3.8) is 0 Å². The zero-order chi connectivity index (χ0) is 18.0. The van der Waals surface area contributed by atoms with Crippen molar-refractivity contribution in [2.45, 2.75) is 6.42 Å². The minimum Gasteiger partial charge on any atom is -0.497 e. The first-order valence-corrected chi connectivity index (χ1v) is 7.67. The van der Waals surface area contributed by atoms with Crippen LogP contribution in [-0.2, 0) is 9.59 Å². The van der Waals surface area contributed by atoms with Gasteiger partial charge < -0.3 is 15.0 Å². The number of benzene rings is 2. The number of amides is 2. The van der Waals surface area contributed by atoms with E-state index in [1.54, 1.807) is 31.4 Å². The molecule has 0 spiro atoms. The number of hydrogen-bond acceptors (Lipinski definition) is 3. The van der Waals surface area contributed by atoms with Gasteiger partial charge in [0.15, 0.2) is 0 Å². The Hall–Kier alpha value is -2.96. The van der Waals surface area contributed by atoms with Gasteiger partial charge in [-0.25, -0.2) is 8.78 Å². The molecular formula is C18H16F2N2O3. The van der Waals surface area contributed by atoms with Crippen LogP contribution >= 0.6 is 0 Å². The molecule has 1 atom stereocenters. The summed E-state index contributed by atoms with van der Waals surface area (Å²) in [5.74, 6) is -2.13. The van der Waals surface area contributed by atoms with Crippen molar-refractivity contribution < 1.29 is 23.1 Å². The van der Waals surface area contributed by atoms with E-state index < -0.39 is 23.5 Å². The van der Waals surface area contributed by atoms with Gasteiger partial charge in [-0.15, -0.1) is 0 Å². The third-order valence-corrected chi connectivity index (χ3v) is 4.01. The molecule has 1 saturated heterocycles. The van der Waals surface area contributed by atoms with Gasteiger partial charge in [0.1, 0.15) is 17.4 Å². The summed E-state index contributed by atoms with van der Waals surface area (Å²) < 4.78 is 31.5. The van der Waals surface area contributed by atoms with Crippen molar-refractivity contribution in [2.75, 3.05) is 23.9 Å². The Bertz CT molecular complexity index is 788. The fraction of sp³-hybridized carbons (Fsp3) is 0.222. The van der Waals surface area contributed by atoms with Crippen molar-refractivity contribution >= 4 is 23.2 Å². The molecule has 0 radical (unpaired) electrons. The molecule has 2 amide bonds. The molecule has 3 rings (SSSR count). The number of rotatable bonds is 4. The van der Waals surface area contributed by atoms with E-state index in [-0.39, 0.29) is 24.6 Å². The number of anilines is 2. The summed E-state index contributed by atoms with van der Waals surface area (Å²) in [4.78, 5) is 26.0. The summed E-state index contributed by atoms with van der Waals surface area (Å²) >= 11 is 0. The predicted octanol–water partition coefficient (Wildman–Crippen LogP) is 2.97. The Morgan fingerprint density at radius 1 is 1.16 bits per heavy atom. The number of nitrogens with one attached hydrogen (secondary N) is 1. The summed E-state index contributed by atoms with van der Waals surface area (Å²) in [5, 5.41) is 2.46. The van der Waals surface area contributed by atoms with Gasteiger partial charge in [-0.05, 0) is 36.4 Å². The number of carbonyl (C=O) groups excluding carboxylic acids is 2. The number of halogens is 2. The Kier molecular flexibility index (Phi) is 4.65. The molecule has 2 aromatic rings. The standard InChI is InChI=1S/C18H16F2N2O3/c1-25-16-4-2-15(3-5-16)22-10-11(6-17(22)23)18(24)21-14-8-12(19)7-13(20)9-14/h2-5,7-9,11H,6,10H2,1H3,(H,21,24)/t11-/m1/s1. The molecule has 5 nitrogen and oxygen atoms in total. The zero-order valence-corrected chi connectivity index (χ0v) is 13.5. The average molecular weight is 346 g/mol. The van der Waals surface area contributed by atoms with E-state index in [4.69, 9.17) is 4.74 Å². The van der Waals surface area contributed by atoms with Gasteiger partial charge in [-0.2, -0.15) is 0 Å². The first-order chi connectivity index (χ1) is 12.0. The maximum absolute atomic E-state index is 13.2. The van der Waals surface area contributed by atoms with Gasteiger partial charge in [0.05, 0.1) is 13.0 Å². The van der Waals surface area contributed by atoms with Gasteiger partial charge in [0, 0.05) is 30.4 Å². The highest BCUT2D eigenvalue weighted by Crippen LogP contribution is 2.27. The summed E-state index contributed by atoms with van der Waals surface area (Å²) in [5.41, 5.74) is 0.691. The molecule has 1 heterocycles. The molecule has 0 aromatic heterocycles. The summed E-state index contributed by atoms with van der Waals surface area (Å²) in [6, 6.07) is 9.70. The second-order valence-corrected chi connectivity index (χ2v) is 5.75. The largest absolute Gasteiger partial charge is 0.497 e. The number of ether oxygens (including phenoxy) is 1. The van der Waals surface area contributed by atoms with Crippen LogP contribution in [0, 0.1) is 17.6 Å². The predicted molar refractivity (Wildman–Crippen MR) is 88.4 cm³/mol. The second-order valence-electron chi connectivity index (χ2n) is 5.75. The molecule has 0 bridgehead atoms. The molecule has 1 fully saturated rings. The van der Waals surface area contributed by atoms with Crippen molar-refractivity contribution in [3.8, 4) is 5.75 Å². The van der Waals surface area contributed by atoms with Crippen LogP contribution in [0.15, 0.2) is 42.5 Å². The first-order valence-electron chi connectivity index (χ1n) is 7.67. The highest BCUT2D eigenvalue weighted by Gasteiger charge is 2.35. The number of hydrogen-bond donors (Lipinski definition) is 1. The minimum atomic E-state index is -0.780. The molecule has 0 aliphatic carbocycles. The van der Waals surface area contributed by atoms with Crippen LogP contribution in [0.1, 0.15) is 6.42 Å². The van der Waals surface area contributed by atoms with Crippen molar-refractivity contribution in [1.82, 2.24) is 0 Å². The third-order valence-electron chi connectivity index (χ3n) is 4.01. The fourth-order valence-corrected chi connectivity index (χ4v) is 2.77. The smallest absolute Gasteiger partial charge is 0.229 e. The Labute approximate surface area is 143 Å². The molecule has 1 aliphatic heterocycles. The van der Waals surface area contributed by atoms with E-state index in [9.17, 15) is 18.4 Å². The molecule has 7 heteroatoms. The lowest BCUT2D eigenvalue weighted by Gasteiger charge is -2.17. The summed E-state index contributed by atoms with van der Waals surface area (Å²) in [6.45, 7) is 0.203. The Morgan fingerprint density at radius 2 is 1.80 bits per heavy atom. The zero-order valence-electron chi connectivity index (χ0n) is 13.5. The van der Waals surface area contributed by atoms with Crippen LogP contribution in [0.4, 0.5) is 20.2 Å². The van der Waals surface area contributed by atoms with Crippen molar-refractivity contribution in [3.05, 3.63) is 54.1 Å². The molecular weight excluding hydrogens is 330 g/mol. The van der Waals surface area contributed by atoms with Crippen molar-refractivity contribution in [2.24, 2.45) is 5.92 Å². The highest BCUT2D eigenvalue weighted by molar-refractivity contribution is 6.03. The SMILES string of the molecule is COc1ccc(N2C[C@H](C(=O)Nc3cc(F)cc(F)c3)CC2=O)cc1. The van der Waals surface area contributed by atoms with Gasteiger partial charge in [-0.3, -0.25) is 9.59 Å². The Balaban J connectivity index is 1.69. The van der Waals surface area contributed by atoms with E-state index in [0.29, 0.717) is 11.4 Å². The molecule has 0 unspecified atom stereocenters. The van der Waals surface area contributed by atoms with E-state index in [2.05, 4.69) is 5.32 Å². The topological polar surface area (TPSA) is 58.6 Å². The van der Waals surface area contributed by atoms with E-state index in [0.717, 1.165) is 18.2 Å². The molecule has 130 valence electrons. The van der Waals surface area contributed by atoms with Gasteiger partial charge >= 0.3 is 0 Å². The molecule has 2 aromatic carbocycles. The van der Waals surface area contributed by atoms with E-state index in [1.165, 1.54) is 4.90 Å². The van der Waals surface area contributed by atoms with Gasteiger partial charge in [-0.1, -0.05) is 0 Å². The highest BCUT2D eigenvalue weighted by atomic mass is 19.1. The lowest BCUT2D eigenvalue weighted by atomic mass is 10.1. The first kappa shape index (κ1) is 16.9. The molecule has 25 heavy (non-hydrogen) atoms. The maximum Gasteiger partial charge on any atom is 0.229 e. The van der Waals surface area contributed by atoms with Crippen LogP contribution < -0.4 is 15.0 Å². The number of nitrogens with zero attached hydrogens (tertiary/aromatic N) is 1. The van der Waals surface area contributed by atoms with Gasteiger partial charge in [0.2, 0.25) is 11.8 Å². The summed E-state index contributed by atoms with van der Waals surface area (Å²) in [6.07, 6.45) is 0.0374. The van der Waals surface area contributed by atoms with Crippen LogP contribution in [0.3, 0.4) is 0 Å². The lowest BCUT2D eigenvalue weighted by Crippen LogP contribution is -2.28. The van der Waals surface area contributed by atoms with Crippen molar-refractivity contribution in [1.29, 1.82) is 0 Å². The normalized spacial score (nSPS) is 16.8. The maximum atomic E-state index is 13.2. The molecule has 1 aliphatic rings. The van der Waals surface area contributed by atoms with Crippen LogP contribution in [0.5, 0.6) is 5.75 Å². The van der Waals surface area contributed by atoms with Crippen LogP contribution in [0.25, 0.3) is 0 Å². The average Bonchev–Trinajstić information content (AvgIpc) is 2.96. The number of carbonyl (C=O) groups is 2. The quantitative estimate of drug-likeness (QED) is 0.926. The minimum absolute atomic E-state index is 0.0258. The molecule has 0 saturated carbocycles. The Morgan fingerprint density at radius 3 is 2.40 bits per heavy atom. The van der Waals surface area contributed by atoms with E-state index in [1.807, 2.05) is 0 Å².